The van der Waals surface area contributed by atoms with Gasteiger partial charge in [-0.05, 0) is 36.9 Å². The lowest BCUT2D eigenvalue weighted by atomic mass is 9.92. The molecule has 2 aliphatic heterocycles. The normalized spacial score (nSPS) is 23.0. The highest BCUT2D eigenvalue weighted by molar-refractivity contribution is 5.79. The Labute approximate surface area is 180 Å². The first-order valence-electron chi connectivity index (χ1n) is 11.2. The van der Waals surface area contributed by atoms with Crippen molar-refractivity contribution in [2.75, 3.05) is 39.8 Å². The van der Waals surface area contributed by atoms with Crippen LogP contribution in [0.2, 0.25) is 0 Å². The van der Waals surface area contributed by atoms with Gasteiger partial charge in [0.25, 0.3) is 0 Å². The van der Waals surface area contributed by atoms with E-state index in [4.69, 9.17) is 4.74 Å². The molecule has 4 rings (SSSR count). The molecule has 2 heterocycles. The van der Waals surface area contributed by atoms with Crippen LogP contribution in [0.4, 0.5) is 0 Å². The summed E-state index contributed by atoms with van der Waals surface area (Å²) in [6, 6.07) is 22.1. The van der Waals surface area contributed by atoms with E-state index in [1.165, 1.54) is 30.5 Å². The molecule has 2 N–H and O–H groups in total. The molecule has 3 atom stereocenters. The average Bonchev–Trinajstić information content (AvgIpc) is 3.27. The number of nitrogens with zero attached hydrogens (tertiary/aromatic N) is 2. The van der Waals surface area contributed by atoms with Gasteiger partial charge in [0.1, 0.15) is 0 Å². The SMILES string of the molecule is CN=C(NCC1CN2CCCC2CO1)NCC(Cc1ccccc1)c1ccccc1. The van der Waals surface area contributed by atoms with Crippen LogP contribution in [-0.2, 0) is 11.2 Å². The third-order valence-electron chi connectivity index (χ3n) is 6.29. The van der Waals surface area contributed by atoms with Gasteiger partial charge in [0.15, 0.2) is 5.96 Å². The predicted octanol–water partition coefficient (Wildman–Crippen LogP) is 3.04. The van der Waals surface area contributed by atoms with Gasteiger partial charge in [0, 0.05) is 38.6 Å². The second kappa shape index (κ2) is 10.6. The summed E-state index contributed by atoms with van der Waals surface area (Å²) in [5.41, 5.74) is 2.70. The quantitative estimate of drug-likeness (QED) is 0.548. The number of hydrogen-bond acceptors (Lipinski definition) is 3. The minimum atomic E-state index is 0.229. The van der Waals surface area contributed by atoms with Crippen LogP contribution in [0.5, 0.6) is 0 Å². The molecule has 5 nitrogen and oxygen atoms in total. The van der Waals surface area contributed by atoms with Gasteiger partial charge in [0.05, 0.1) is 12.7 Å². The Morgan fingerprint density at radius 3 is 2.63 bits per heavy atom. The maximum Gasteiger partial charge on any atom is 0.191 e. The number of fused-ring (bicyclic) bond motifs is 1. The zero-order chi connectivity index (χ0) is 20.6. The summed E-state index contributed by atoms with van der Waals surface area (Å²) >= 11 is 0. The van der Waals surface area contributed by atoms with E-state index in [1.807, 2.05) is 7.05 Å². The molecule has 0 spiro atoms. The van der Waals surface area contributed by atoms with Crippen molar-refractivity contribution in [3.63, 3.8) is 0 Å². The van der Waals surface area contributed by atoms with E-state index in [0.717, 1.165) is 38.6 Å². The number of ether oxygens (including phenoxy) is 1. The topological polar surface area (TPSA) is 48.9 Å². The van der Waals surface area contributed by atoms with Crippen molar-refractivity contribution >= 4 is 5.96 Å². The third kappa shape index (κ3) is 5.61. The summed E-state index contributed by atoms with van der Waals surface area (Å²) < 4.78 is 6.07. The molecule has 2 aromatic rings. The second-order valence-corrected chi connectivity index (χ2v) is 8.38. The summed E-state index contributed by atoms with van der Waals surface area (Å²) in [5.74, 6) is 1.22. The summed E-state index contributed by atoms with van der Waals surface area (Å²) in [6.45, 7) is 4.73. The smallest absolute Gasteiger partial charge is 0.191 e. The molecule has 2 aromatic carbocycles. The van der Waals surface area contributed by atoms with Gasteiger partial charge in [-0.25, -0.2) is 0 Å². The zero-order valence-corrected chi connectivity index (χ0v) is 18.0. The lowest BCUT2D eigenvalue weighted by Crippen LogP contribution is -2.51. The molecular weight excluding hydrogens is 372 g/mol. The molecule has 3 unspecified atom stereocenters. The summed E-state index contributed by atoms with van der Waals surface area (Å²) in [4.78, 5) is 7.02. The molecule has 0 bridgehead atoms. The molecule has 0 aromatic heterocycles. The average molecular weight is 407 g/mol. The van der Waals surface area contributed by atoms with Crippen molar-refractivity contribution < 1.29 is 4.74 Å². The number of rotatable bonds is 7. The third-order valence-corrected chi connectivity index (χ3v) is 6.29. The van der Waals surface area contributed by atoms with Gasteiger partial charge in [0.2, 0.25) is 0 Å². The number of guanidine groups is 1. The molecule has 2 fully saturated rings. The molecule has 0 amide bonds. The van der Waals surface area contributed by atoms with Gasteiger partial charge in [-0.2, -0.15) is 0 Å². The number of aliphatic imine (C=N–C) groups is 1. The minimum absolute atomic E-state index is 0.229. The van der Waals surface area contributed by atoms with Crippen molar-refractivity contribution in [2.24, 2.45) is 4.99 Å². The lowest BCUT2D eigenvalue weighted by Gasteiger charge is -2.35. The largest absolute Gasteiger partial charge is 0.373 e. The Balaban J connectivity index is 1.31. The first kappa shape index (κ1) is 20.9. The van der Waals surface area contributed by atoms with Gasteiger partial charge in [-0.15, -0.1) is 0 Å². The molecule has 0 saturated carbocycles. The molecular formula is C25H34N4O. The summed E-state index contributed by atoms with van der Waals surface area (Å²) in [7, 11) is 1.84. The van der Waals surface area contributed by atoms with E-state index in [1.54, 1.807) is 0 Å². The molecule has 5 heteroatoms. The van der Waals surface area contributed by atoms with Crippen molar-refractivity contribution in [1.82, 2.24) is 15.5 Å². The molecule has 160 valence electrons. The first-order chi connectivity index (χ1) is 14.8. The van der Waals surface area contributed by atoms with Crippen LogP contribution in [0.3, 0.4) is 0 Å². The molecule has 30 heavy (non-hydrogen) atoms. The summed E-state index contributed by atoms with van der Waals surface area (Å²) in [6.07, 6.45) is 3.81. The molecule has 2 saturated heterocycles. The summed E-state index contributed by atoms with van der Waals surface area (Å²) in [5, 5.41) is 7.02. The molecule has 2 aliphatic rings. The van der Waals surface area contributed by atoms with Gasteiger partial charge in [-0.1, -0.05) is 60.7 Å². The van der Waals surface area contributed by atoms with E-state index in [9.17, 15) is 0 Å². The Bertz CT molecular complexity index is 795. The van der Waals surface area contributed by atoms with Crippen LogP contribution in [0.1, 0.15) is 29.9 Å². The molecule has 0 aliphatic carbocycles. The lowest BCUT2D eigenvalue weighted by molar-refractivity contribution is -0.0453. The Morgan fingerprint density at radius 1 is 1.10 bits per heavy atom. The zero-order valence-electron chi connectivity index (χ0n) is 18.0. The Hall–Kier alpha value is -2.37. The highest BCUT2D eigenvalue weighted by Gasteiger charge is 2.32. The van der Waals surface area contributed by atoms with E-state index >= 15 is 0 Å². The fourth-order valence-electron chi connectivity index (χ4n) is 4.59. The number of hydrogen-bond donors (Lipinski definition) is 2. The monoisotopic (exact) mass is 406 g/mol. The fourth-order valence-corrected chi connectivity index (χ4v) is 4.59. The Morgan fingerprint density at radius 2 is 1.87 bits per heavy atom. The van der Waals surface area contributed by atoms with Crippen LogP contribution in [-0.4, -0.2) is 62.8 Å². The fraction of sp³-hybridized carbons (Fsp3) is 0.480. The van der Waals surface area contributed by atoms with Crippen molar-refractivity contribution in [2.45, 2.75) is 37.3 Å². The minimum Gasteiger partial charge on any atom is -0.373 e. The highest BCUT2D eigenvalue weighted by atomic mass is 16.5. The first-order valence-corrected chi connectivity index (χ1v) is 11.2. The van der Waals surface area contributed by atoms with Crippen LogP contribution in [0.25, 0.3) is 0 Å². The van der Waals surface area contributed by atoms with E-state index < -0.39 is 0 Å². The highest BCUT2D eigenvalue weighted by Crippen LogP contribution is 2.22. The van der Waals surface area contributed by atoms with E-state index in [0.29, 0.717) is 12.0 Å². The predicted molar refractivity (Wildman–Crippen MR) is 123 cm³/mol. The van der Waals surface area contributed by atoms with Gasteiger partial charge in [-0.3, -0.25) is 9.89 Å². The van der Waals surface area contributed by atoms with Crippen LogP contribution in [0.15, 0.2) is 65.7 Å². The van der Waals surface area contributed by atoms with Crippen LogP contribution >= 0.6 is 0 Å². The second-order valence-electron chi connectivity index (χ2n) is 8.38. The van der Waals surface area contributed by atoms with Crippen molar-refractivity contribution in [1.29, 1.82) is 0 Å². The van der Waals surface area contributed by atoms with Crippen LogP contribution < -0.4 is 10.6 Å². The van der Waals surface area contributed by atoms with Gasteiger partial charge >= 0.3 is 0 Å². The van der Waals surface area contributed by atoms with Crippen molar-refractivity contribution in [3.05, 3.63) is 71.8 Å². The standard InChI is InChI=1S/C25H34N4O/c1-26-25(28-17-24-18-29-14-8-13-23(29)19-30-24)27-16-22(21-11-6-3-7-12-21)15-20-9-4-2-5-10-20/h2-7,9-12,22-24H,8,13-19H2,1H3,(H2,26,27,28). The number of nitrogens with one attached hydrogen (secondary N) is 2. The maximum atomic E-state index is 6.07. The Kier molecular flexibility index (Phi) is 7.38. The van der Waals surface area contributed by atoms with E-state index in [-0.39, 0.29) is 6.10 Å². The van der Waals surface area contributed by atoms with Crippen molar-refractivity contribution in [3.8, 4) is 0 Å². The maximum absolute atomic E-state index is 6.07. The van der Waals surface area contributed by atoms with Gasteiger partial charge < -0.3 is 15.4 Å². The van der Waals surface area contributed by atoms with Crippen LogP contribution in [0, 0.1) is 0 Å². The number of benzene rings is 2. The molecule has 0 radical (unpaired) electrons. The van der Waals surface area contributed by atoms with E-state index in [2.05, 4.69) is 81.2 Å². The number of morpholine rings is 1.